The Balaban J connectivity index is 1.50. The van der Waals surface area contributed by atoms with E-state index < -0.39 is 0 Å². The second kappa shape index (κ2) is 5.68. The Morgan fingerprint density at radius 3 is 2.61 bits per heavy atom. The molecule has 1 saturated heterocycles. The zero-order valence-corrected chi connectivity index (χ0v) is 14.0. The molecule has 0 bridgehead atoms. The van der Waals surface area contributed by atoms with Crippen LogP contribution in [-0.2, 0) is 12.8 Å². The van der Waals surface area contributed by atoms with E-state index in [1.165, 1.54) is 24.0 Å². The third-order valence-electron chi connectivity index (χ3n) is 5.99. The fraction of sp³-hybridized carbons (Fsp3) is 0.429. The standard InChI is InChI=1S/C21H25NO/c1-21(20-15-17-10-6-7-11-19(17)23-20)13-12-18(22(21)2)14-16-8-4-3-5-9-16/h3-11,18,20H,12-15H2,1-2H3. The van der Waals surface area contributed by atoms with Crippen LogP contribution in [0.2, 0.25) is 0 Å². The highest BCUT2D eigenvalue weighted by Crippen LogP contribution is 2.42. The zero-order chi connectivity index (χ0) is 15.9. The third kappa shape index (κ3) is 2.55. The Labute approximate surface area is 139 Å². The van der Waals surface area contributed by atoms with Gasteiger partial charge in [-0.2, -0.15) is 0 Å². The van der Waals surface area contributed by atoms with Crippen LogP contribution in [0.25, 0.3) is 0 Å². The Hall–Kier alpha value is -1.80. The number of nitrogens with zero attached hydrogens (tertiary/aromatic N) is 1. The summed E-state index contributed by atoms with van der Waals surface area (Å²) < 4.78 is 6.32. The van der Waals surface area contributed by atoms with Gasteiger partial charge in [0.2, 0.25) is 0 Å². The fourth-order valence-electron chi connectivity index (χ4n) is 4.29. The van der Waals surface area contributed by atoms with E-state index in [4.69, 9.17) is 4.74 Å². The first-order chi connectivity index (χ1) is 11.2. The van der Waals surface area contributed by atoms with Crippen molar-refractivity contribution in [2.75, 3.05) is 7.05 Å². The molecule has 2 aliphatic heterocycles. The van der Waals surface area contributed by atoms with Gasteiger partial charge in [0.05, 0.1) is 5.54 Å². The molecule has 0 amide bonds. The SMILES string of the molecule is CN1C(Cc2ccccc2)CCC1(C)C1Cc2ccccc2O1. The molecule has 0 aromatic heterocycles. The first-order valence-electron chi connectivity index (χ1n) is 8.68. The van der Waals surface area contributed by atoms with Crippen LogP contribution in [0.1, 0.15) is 30.9 Å². The van der Waals surface area contributed by atoms with Gasteiger partial charge >= 0.3 is 0 Å². The lowest BCUT2D eigenvalue weighted by Crippen LogP contribution is -2.53. The van der Waals surface area contributed by atoms with Crippen LogP contribution in [0.4, 0.5) is 0 Å². The van der Waals surface area contributed by atoms with Crippen molar-refractivity contribution in [3.05, 3.63) is 65.7 Å². The molecule has 3 unspecified atom stereocenters. The van der Waals surface area contributed by atoms with Gasteiger partial charge in [0.15, 0.2) is 0 Å². The summed E-state index contributed by atoms with van der Waals surface area (Å²) in [6, 6.07) is 20.0. The maximum absolute atomic E-state index is 6.32. The molecule has 23 heavy (non-hydrogen) atoms. The van der Waals surface area contributed by atoms with E-state index in [0.29, 0.717) is 6.04 Å². The van der Waals surface area contributed by atoms with Crippen molar-refractivity contribution in [2.45, 2.75) is 50.3 Å². The minimum absolute atomic E-state index is 0.123. The molecule has 3 atom stereocenters. The predicted molar refractivity (Wildman–Crippen MR) is 93.9 cm³/mol. The second-order valence-corrected chi connectivity index (χ2v) is 7.27. The summed E-state index contributed by atoms with van der Waals surface area (Å²) in [5, 5.41) is 0. The van der Waals surface area contributed by atoms with Crippen molar-refractivity contribution < 1.29 is 4.74 Å². The number of ether oxygens (including phenoxy) is 1. The number of fused-ring (bicyclic) bond motifs is 1. The lowest BCUT2D eigenvalue weighted by molar-refractivity contribution is 0.0331. The number of hydrogen-bond donors (Lipinski definition) is 0. The van der Waals surface area contributed by atoms with Crippen molar-refractivity contribution >= 4 is 0 Å². The number of rotatable bonds is 3. The Kier molecular flexibility index (Phi) is 3.65. The summed E-state index contributed by atoms with van der Waals surface area (Å²) in [5.74, 6) is 1.08. The van der Waals surface area contributed by atoms with Gasteiger partial charge < -0.3 is 4.74 Å². The summed E-state index contributed by atoms with van der Waals surface area (Å²) in [6.07, 6.45) is 4.89. The van der Waals surface area contributed by atoms with Crippen molar-refractivity contribution in [2.24, 2.45) is 0 Å². The van der Waals surface area contributed by atoms with Gasteiger partial charge in [0, 0.05) is 12.5 Å². The molecule has 4 rings (SSSR count). The van der Waals surface area contributed by atoms with Gasteiger partial charge in [-0.25, -0.2) is 0 Å². The molecule has 2 aromatic rings. The van der Waals surface area contributed by atoms with E-state index in [-0.39, 0.29) is 11.6 Å². The van der Waals surface area contributed by atoms with Crippen LogP contribution in [0.15, 0.2) is 54.6 Å². The summed E-state index contributed by atoms with van der Waals surface area (Å²) in [6.45, 7) is 2.38. The van der Waals surface area contributed by atoms with Crippen LogP contribution in [-0.4, -0.2) is 29.6 Å². The number of benzene rings is 2. The van der Waals surface area contributed by atoms with Gasteiger partial charge in [-0.1, -0.05) is 48.5 Å². The topological polar surface area (TPSA) is 12.5 Å². The number of likely N-dealkylation sites (N-methyl/N-ethyl adjacent to an activating group) is 1. The maximum Gasteiger partial charge on any atom is 0.123 e. The van der Waals surface area contributed by atoms with Crippen LogP contribution >= 0.6 is 0 Å². The number of hydrogen-bond acceptors (Lipinski definition) is 2. The Morgan fingerprint density at radius 1 is 1.09 bits per heavy atom. The molecule has 0 saturated carbocycles. The lowest BCUT2D eigenvalue weighted by atomic mass is 9.89. The van der Waals surface area contributed by atoms with Crippen LogP contribution < -0.4 is 4.74 Å². The summed E-state index contributed by atoms with van der Waals surface area (Å²) >= 11 is 0. The van der Waals surface area contributed by atoms with Gasteiger partial charge in [-0.05, 0) is 50.4 Å². The fourth-order valence-corrected chi connectivity index (χ4v) is 4.29. The van der Waals surface area contributed by atoms with E-state index >= 15 is 0 Å². The molecule has 2 aromatic carbocycles. The van der Waals surface area contributed by atoms with Crippen molar-refractivity contribution in [3.63, 3.8) is 0 Å². The summed E-state index contributed by atoms with van der Waals surface area (Å²) in [4.78, 5) is 2.58. The Morgan fingerprint density at radius 2 is 1.83 bits per heavy atom. The largest absolute Gasteiger partial charge is 0.488 e. The molecule has 0 spiro atoms. The highest BCUT2D eigenvalue weighted by atomic mass is 16.5. The van der Waals surface area contributed by atoms with Gasteiger partial charge in [-0.15, -0.1) is 0 Å². The minimum atomic E-state index is 0.123. The average Bonchev–Trinajstić information content (AvgIpc) is 3.14. The number of para-hydroxylation sites is 1. The van der Waals surface area contributed by atoms with E-state index in [0.717, 1.165) is 18.6 Å². The minimum Gasteiger partial charge on any atom is -0.488 e. The van der Waals surface area contributed by atoms with E-state index in [1.807, 2.05) is 0 Å². The van der Waals surface area contributed by atoms with Crippen LogP contribution in [0.5, 0.6) is 5.75 Å². The molecule has 0 aliphatic carbocycles. The smallest absolute Gasteiger partial charge is 0.123 e. The molecule has 2 aliphatic rings. The zero-order valence-electron chi connectivity index (χ0n) is 14.0. The van der Waals surface area contributed by atoms with Crippen molar-refractivity contribution in [3.8, 4) is 5.75 Å². The predicted octanol–water partition coefficient (Wildman–Crippen LogP) is 4.09. The summed E-state index contributed by atoms with van der Waals surface area (Å²) in [5.41, 5.74) is 2.92. The van der Waals surface area contributed by atoms with Crippen LogP contribution in [0, 0.1) is 0 Å². The normalized spacial score (nSPS) is 30.2. The lowest BCUT2D eigenvalue weighted by Gasteiger charge is -2.39. The molecular formula is C21H25NO. The molecule has 1 fully saturated rings. The molecule has 2 nitrogen and oxygen atoms in total. The van der Waals surface area contributed by atoms with Crippen molar-refractivity contribution in [1.29, 1.82) is 0 Å². The average molecular weight is 307 g/mol. The van der Waals surface area contributed by atoms with E-state index in [9.17, 15) is 0 Å². The van der Waals surface area contributed by atoms with E-state index in [2.05, 4.69) is 73.5 Å². The maximum atomic E-state index is 6.32. The second-order valence-electron chi connectivity index (χ2n) is 7.27. The molecule has 0 N–H and O–H groups in total. The van der Waals surface area contributed by atoms with E-state index in [1.54, 1.807) is 0 Å². The molecule has 2 heterocycles. The van der Waals surface area contributed by atoms with Gasteiger partial charge in [0.1, 0.15) is 11.9 Å². The highest BCUT2D eigenvalue weighted by molar-refractivity contribution is 5.38. The van der Waals surface area contributed by atoms with Gasteiger partial charge in [-0.3, -0.25) is 4.90 Å². The Bertz CT molecular complexity index is 658. The third-order valence-corrected chi connectivity index (χ3v) is 5.99. The molecule has 120 valence electrons. The van der Waals surface area contributed by atoms with Crippen LogP contribution in [0.3, 0.4) is 0 Å². The molecule has 0 radical (unpaired) electrons. The quantitative estimate of drug-likeness (QED) is 0.847. The summed E-state index contributed by atoms with van der Waals surface area (Å²) in [7, 11) is 2.28. The first kappa shape index (κ1) is 14.8. The molecular weight excluding hydrogens is 282 g/mol. The monoisotopic (exact) mass is 307 g/mol. The molecule has 2 heteroatoms. The number of likely N-dealkylation sites (tertiary alicyclic amines) is 1. The van der Waals surface area contributed by atoms with Crippen molar-refractivity contribution in [1.82, 2.24) is 4.90 Å². The van der Waals surface area contributed by atoms with Gasteiger partial charge in [0.25, 0.3) is 0 Å². The first-order valence-corrected chi connectivity index (χ1v) is 8.68. The highest BCUT2D eigenvalue weighted by Gasteiger charge is 2.48.